The normalized spacial score (nSPS) is 16.8. The van der Waals surface area contributed by atoms with Gasteiger partial charge in [0.25, 0.3) is 0 Å². The van der Waals surface area contributed by atoms with Crippen molar-refractivity contribution in [2.24, 2.45) is 5.73 Å². The molecule has 1 fully saturated rings. The Morgan fingerprint density at radius 3 is 2.67 bits per heavy atom. The molecular formula is C20H18FN3O3. The Hall–Kier alpha value is -3.19. The van der Waals surface area contributed by atoms with Crippen molar-refractivity contribution in [2.75, 3.05) is 18.0 Å². The zero-order valence-corrected chi connectivity index (χ0v) is 14.4. The molecule has 0 saturated carbocycles. The van der Waals surface area contributed by atoms with Crippen LogP contribution in [0.2, 0.25) is 0 Å². The molecule has 1 saturated heterocycles. The Morgan fingerprint density at radius 2 is 2.04 bits per heavy atom. The van der Waals surface area contributed by atoms with Crippen molar-refractivity contribution >= 4 is 22.6 Å². The molecule has 0 bridgehead atoms. The largest absolute Gasteiger partial charge is 0.477 e. The van der Waals surface area contributed by atoms with E-state index in [0.717, 1.165) is 24.2 Å². The number of rotatable bonds is 3. The van der Waals surface area contributed by atoms with Crippen molar-refractivity contribution in [1.29, 1.82) is 0 Å². The summed E-state index contributed by atoms with van der Waals surface area (Å²) in [6.07, 6.45) is 1.91. The Balaban J connectivity index is 2.08. The summed E-state index contributed by atoms with van der Waals surface area (Å²) in [6.45, 7) is 1.13. The number of aromatic carboxylic acids is 1. The molecule has 0 amide bonds. The van der Waals surface area contributed by atoms with Gasteiger partial charge in [-0.2, -0.15) is 0 Å². The number of nitrogens with one attached hydrogen (secondary N) is 1. The number of carboxylic acid groups (broad SMARTS) is 1. The predicted molar refractivity (Wildman–Crippen MR) is 102 cm³/mol. The van der Waals surface area contributed by atoms with Gasteiger partial charge in [-0.25, -0.2) is 9.18 Å². The first kappa shape index (κ1) is 17.2. The van der Waals surface area contributed by atoms with Crippen LogP contribution < -0.4 is 16.1 Å². The molecule has 0 radical (unpaired) electrons. The van der Waals surface area contributed by atoms with Crippen molar-refractivity contribution < 1.29 is 14.3 Å². The van der Waals surface area contributed by atoms with Crippen molar-refractivity contribution in [3.63, 3.8) is 0 Å². The number of pyridine rings is 1. The summed E-state index contributed by atoms with van der Waals surface area (Å²) in [6, 6.07) is 10.2. The third-order valence-electron chi connectivity index (χ3n) is 4.94. The maximum absolute atomic E-state index is 15.2. The van der Waals surface area contributed by atoms with E-state index in [4.69, 9.17) is 5.73 Å². The van der Waals surface area contributed by atoms with Gasteiger partial charge in [0.2, 0.25) is 5.43 Å². The van der Waals surface area contributed by atoms with Gasteiger partial charge in [-0.3, -0.25) is 4.79 Å². The van der Waals surface area contributed by atoms with Crippen LogP contribution in [0.25, 0.3) is 22.0 Å². The summed E-state index contributed by atoms with van der Waals surface area (Å²) in [7, 11) is 0. The molecular weight excluding hydrogens is 349 g/mol. The maximum atomic E-state index is 15.2. The summed E-state index contributed by atoms with van der Waals surface area (Å²) in [4.78, 5) is 28.7. The van der Waals surface area contributed by atoms with Crippen molar-refractivity contribution in [3.05, 3.63) is 64.2 Å². The molecule has 7 heteroatoms. The molecule has 1 aliphatic rings. The third-order valence-corrected chi connectivity index (χ3v) is 4.94. The number of halogens is 1. The topological polar surface area (TPSA) is 99.4 Å². The first-order chi connectivity index (χ1) is 13.0. The summed E-state index contributed by atoms with van der Waals surface area (Å²) >= 11 is 0. The molecule has 1 aromatic heterocycles. The molecule has 6 nitrogen and oxygen atoms in total. The standard InChI is InChI=1S/C20H18FN3O3/c21-15-8-13-17(23-9-14(19(13)25)20(26)27)16(11-4-2-1-3-5-11)18(15)24-7-6-12(22)10-24/h1-5,8-9,12H,6-7,10,22H2,(H,23,25)(H,26,27). The first-order valence-corrected chi connectivity index (χ1v) is 8.64. The highest BCUT2D eigenvalue weighted by Gasteiger charge is 2.27. The number of H-pyrrole nitrogens is 1. The minimum atomic E-state index is -1.35. The monoisotopic (exact) mass is 367 g/mol. The first-order valence-electron chi connectivity index (χ1n) is 8.64. The SMILES string of the molecule is NC1CCN(c2c(F)cc3c(=O)c(C(=O)O)c[nH]c3c2-c2ccccc2)C1. The van der Waals surface area contributed by atoms with Crippen LogP contribution in [0, 0.1) is 5.82 Å². The molecule has 4 N–H and O–H groups in total. The van der Waals surface area contributed by atoms with Crippen LogP contribution in [-0.2, 0) is 0 Å². The number of nitrogens with zero attached hydrogens (tertiary/aromatic N) is 1. The fraction of sp³-hybridized carbons (Fsp3) is 0.200. The number of carbonyl (C=O) groups is 1. The van der Waals surface area contributed by atoms with Gasteiger partial charge in [0.15, 0.2) is 0 Å². The molecule has 27 heavy (non-hydrogen) atoms. The van der Waals surface area contributed by atoms with Gasteiger partial charge in [-0.1, -0.05) is 30.3 Å². The molecule has 2 aromatic carbocycles. The van der Waals surface area contributed by atoms with Gasteiger partial charge in [0.05, 0.1) is 16.6 Å². The highest BCUT2D eigenvalue weighted by molar-refractivity contribution is 6.03. The molecule has 1 unspecified atom stereocenters. The van der Waals surface area contributed by atoms with Gasteiger partial charge >= 0.3 is 5.97 Å². The summed E-state index contributed by atoms with van der Waals surface area (Å²) < 4.78 is 15.2. The fourth-order valence-corrected chi connectivity index (χ4v) is 3.67. The summed E-state index contributed by atoms with van der Waals surface area (Å²) in [5.41, 5.74) is 6.93. The number of aromatic nitrogens is 1. The average Bonchev–Trinajstić information content (AvgIpc) is 3.08. The minimum absolute atomic E-state index is 0.0125. The molecule has 0 aliphatic carbocycles. The molecule has 3 aromatic rings. The number of aromatic amines is 1. The minimum Gasteiger partial charge on any atom is -0.477 e. The van der Waals surface area contributed by atoms with Crippen LogP contribution in [0.3, 0.4) is 0 Å². The fourth-order valence-electron chi connectivity index (χ4n) is 3.67. The number of hydrogen-bond acceptors (Lipinski definition) is 4. The van der Waals surface area contributed by atoms with E-state index < -0.39 is 22.8 Å². The van der Waals surface area contributed by atoms with E-state index in [1.807, 2.05) is 35.2 Å². The third kappa shape index (κ3) is 2.86. The Morgan fingerprint density at radius 1 is 1.30 bits per heavy atom. The van der Waals surface area contributed by atoms with E-state index in [0.29, 0.717) is 29.9 Å². The van der Waals surface area contributed by atoms with Crippen LogP contribution in [0.1, 0.15) is 16.8 Å². The second-order valence-electron chi connectivity index (χ2n) is 6.70. The van der Waals surface area contributed by atoms with E-state index in [1.165, 1.54) is 0 Å². The average molecular weight is 367 g/mol. The lowest BCUT2D eigenvalue weighted by atomic mass is 9.97. The highest BCUT2D eigenvalue weighted by atomic mass is 19.1. The van der Waals surface area contributed by atoms with Crippen LogP contribution in [-0.4, -0.2) is 35.2 Å². The summed E-state index contributed by atoms with van der Waals surface area (Å²) in [5.74, 6) is -1.92. The summed E-state index contributed by atoms with van der Waals surface area (Å²) in [5, 5.41) is 9.21. The molecule has 2 heterocycles. The van der Waals surface area contributed by atoms with Crippen LogP contribution >= 0.6 is 0 Å². The maximum Gasteiger partial charge on any atom is 0.341 e. The van der Waals surface area contributed by atoms with E-state index in [-0.39, 0.29) is 11.4 Å². The number of carboxylic acids is 1. The van der Waals surface area contributed by atoms with Gasteiger partial charge in [-0.15, -0.1) is 0 Å². The Labute approximate surface area is 154 Å². The van der Waals surface area contributed by atoms with E-state index in [1.54, 1.807) is 0 Å². The Bertz CT molecular complexity index is 1100. The van der Waals surface area contributed by atoms with Crippen molar-refractivity contribution in [3.8, 4) is 11.1 Å². The lowest BCUT2D eigenvalue weighted by Crippen LogP contribution is -2.27. The van der Waals surface area contributed by atoms with Crippen molar-refractivity contribution in [1.82, 2.24) is 4.98 Å². The zero-order valence-electron chi connectivity index (χ0n) is 14.4. The van der Waals surface area contributed by atoms with Gasteiger partial charge in [0, 0.05) is 30.9 Å². The molecule has 1 aliphatic heterocycles. The predicted octanol–water partition coefficient (Wildman–Crippen LogP) is 2.57. The second kappa shape index (κ2) is 6.51. The van der Waals surface area contributed by atoms with Crippen LogP contribution in [0.4, 0.5) is 10.1 Å². The number of nitrogens with two attached hydrogens (primary N) is 1. The van der Waals surface area contributed by atoms with Crippen LogP contribution in [0.15, 0.2) is 47.4 Å². The van der Waals surface area contributed by atoms with Gasteiger partial charge in [0.1, 0.15) is 11.4 Å². The number of anilines is 1. The quantitative estimate of drug-likeness (QED) is 0.661. The Kier molecular flexibility index (Phi) is 4.16. The van der Waals surface area contributed by atoms with E-state index >= 15 is 4.39 Å². The van der Waals surface area contributed by atoms with Gasteiger partial charge in [-0.05, 0) is 18.1 Å². The molecule has 4 rings (SSSR count). The van der Waals surface area contributed by atoms with E-state index in [2.05, 4.69) is 4.98 Å². The highest BCUT2D eigenvalue weighted by Crippen LogP contribution is 2.39. The van der Waals surface area contributed by atoms with Crippen LogP contribution in [0.5, 0.6) is 0 Å². The van der Waals surface area contributed by atoms with Crippen molar-refractivity contribution in [2.45, 2.75) is 12.5 Å². The molecule has 1 atom stereocenters. The number of benzene rings is 2. The molecule has 138 valence electrons. The number of fused-ring (bicyclic) bond motifs is 1. The lowest BCUT2D eigenvalue weighted by molar-refractivity contribution is 0.0695. The van der Waals surface area contributed by atoms with E-state index in [9.17, 15) is 14.7 Å². The zero-order chi connectivity index (χ0) is 19.1. The second-order valence-corrected chi connectivity index (χ2v) is 6.70. The molecule has 0 spiro atoms. The lowest BCUT2D eigenvalue weighted by Gasteiger charge is -2.24. The number of hydrogen-bond donors (Lipinski definition) is 3. The smallest absolute Gasteiger partial charge is 0.341 e. The van der Waals surface area contributed by atoms with Gasteiger partial charge < -0.3 is 20.7 Å².